The molecule has 0 radical (unpaired) electrons. The van der Waals surface area contributed by atoms with Crippen LogP contribution in [0.15, 0.2) is 52.1 Å². The fourth-order valence-electron chi connectivity index (χ4n) is 2.43. The zero-order chi connectivity index (χ0) is 18.8. The number of fused-ring (bicyclic) bond motifs is 1. The van der Waals surface area contributed by atoms with Gasteiger partial charge in [0.2, 0.25) is 6.10 Å². The van der Waals surface area contributed by atoms with Gasteiger partial charge in [0, 0.05) is 5.56 Å². The van der Waals surface area contributed by atoms with Gasteiger partial charge in [0.05, 0.1) is 5.75 Å². The number of thioether (sulfide) groups is 1. The number of Topliss-reactive ketones (excluding diaryl/α,β-unsaturated/α-hetero) is 1. The molecular formula is C18H12F2N2O4S. The van der Waals surface area contributed by atoms with Gasteiger partial charge in [-0.2, -0.15) is 0 Å². The first-order valence-corrected chi connectivity index (χ1v) is 8.91. The Hall–Kier alpha value is -2.94. The second-order valence-electron chi connectivity index (χ2n) is 5.61. The second-order valence-corrected chi connectivity index (χ2v) is 6.54. The summed E-state index contributed by atoms with van der Waals surface area (Å²) in [5, 5.41) is 7.96. The Labute approximate surface area is 156 Å². The number of halogens is 2. The van der Waals surface area contributed by atoms with Gasteiger partial charge in [0.25, 0.3) is 11.1 Å². The smallest absolute Gasteiger partial charge is 0.277 e. The summed E-state index contributed by atoms with van der Waals surface area (Å²) in [5.74, 6) is -1.07. The van der Waals surface area contributed by atoms with E-state index in [1.165, 1.54) is 6.07 Å². The molecule has 0 saturated heterocycles. The van der Waals surface area contributed by atoms with Gasteiger partial charge in [0.1, 0.15) is 6.61 Å². The predicted molar refractivity (Wildman–Crippen MR) is 91.0 cm³/mol. The van der Waals surface area contributed by atoms with Crippen LogP contribution in [0.5, 0.6) is 11.5 Å². The molecule has 1 atom stereocenters. The molecule has 1 aliphatic rings. The number of ether oxygens (including phenoxy) is 2. The zero-order valence-electron chi connectivity index (χ0n) is 13.7. The van der Waals surface area contributed by atoms with Crippen LogP contribution in [0.2, 0.25) is 0 Å². The highest BCUT2D eigenvalue weighted by atomic mass is 32.2. The van der Waals surface area contributed by atoms with E-state index in [2.05, 4.69) is 10.2 Å². The van der Waals surface area contributed by atoms with E-state index in [-0.39, 0.29) is 34.8 Å². The van der Waals surface area contributed by atoms with E-state index < -0.39 is 17.7 Å². The number of hydrogen-bond acceptors (Lipinski definition) is 7. The Morgan fingerprint density at radius 2 is 1.93 bits per heavy atom. The Balaban J connectivity index is 1.38. The van der Waals surface area contributed by atoms with Crippen molar-refractivity contribution >= 4 is 17.5 Å². The topological polar surface area (TPSA) is 74.5 Å². The van der Waals surface area contributed by atoms with Crippen LogP contribution in [0.3, 0.4) is 0 Å². The average molecular weight is 390 g/mol. The molecule has 2 heterocycles. The van der Waals surface area contributed by atoms with Crippen molar-refractivity contribution in [2.24, 2.45) is 0 Å². The second kappa shape index (κ2) is 7.36. The molecule has 0 amide bonds. The molecule has 138 valence electrons. The molecular weight excluding hydrogens is 378 g/mol. The van der Waals surface area contributed by atoms with Crippen LogP contribution in [0.25, 0.3) is 0 Å². The minimum atomic E-state index is -1.07. The monoisotopic (exact) mass is 390 g/mol. The molecule has 6 nitrogen and oxygen atoms in total. The van der Waals surface area contributed by atoms with Crippen molar-refractivity contribution < 1.29 is 27.5 Å². The van der Waals surface area contributed by atoms with Crippen molar-refractivity contribution in [3.8, 4) is 11.5 Å². The summed E-state index contributed by atoms with van der Waals surface area (Å²) in [6.07, 6.45) is -0.552. The van der Waals surface area contributed by atoms with Gasteiger partial charge in [-0.1, -0.05) is 23.9 Å². The van der Waals surface area contributed by atoms with Crippen molar-refractivity contribution in [3.05, 3.63) is 65.6 Å². The van der Waals surface area contributed by atoms with Gasteiger partial charge < -0.3 is 13.9 Å². The first-order chi connectivity index (χ1) is 13.1. The third-order valence-corrected chi connectivity index (χ3v) is 4.59. The van der Waals surface area contributed by atoms with Crippen molar-refractivity contribution in [3.63, 3.8) is 0 Å². The van der Waals surface area contributed by atoms with Crippen LogP contribution < -0.4 is 9.47 Å². The maximum absolute atomic E-state index is 13.2. The molecule has 0 fully saturated rings. The van der Waals surface area contributed by atoms with Gasteiger partial charge in [-0.05, 0) is 30.3 Å². The number of carbonyl (C=O) groups is 1. The van der Waals surface area contributed by atoms with E-state index >= 15 is 0 Å². The molecule has 0 aliphatic carbocycles. The van der Waals surface area contributed by atoms with Crippen LogP contribution in [-0.2, 0) is 0 Å². The molecule has 9 heteroatoms. The van der Waals surface area contributed by atoms with Gasteiger partial charge in [0.15, 0.2) is 28.9 Å². The van der Waals surface area contributed by atoms with Gasteiger partial charge >= 0.3 is 0 Å². The van der Waals surface area contributed by atoms with E-state index in [1.807, 2.05) is 12.1 Å². The highest BCUT2D eigenvalue weighted by molar-refractivity contribution is 7.99. The Morgan fingerprint density at radius 1 is 1.11 bits per heavy atom. The maximum atomic E-state index is 13.2. The van der Waals surface area contributed by atoms with Gasteiger partial charge in [-0.25, -0.2) is 8.78 Å². The molecule has 0 spiro atoms. The van der Waals surface area contributed by atoms with Crippen molar-refractivity contribution in [1.82, 2.24) is 10.2 Å². The van der Waals surface area contributed by atoms with Gasteiger partial charge in [-0.3, -0.25) is 4.79 Å². The number of benzene rings is 2. The third kappa shape index (κ3) is 3.77. The number of nitrogens with zero attached hydrogens (tertiary/aromatic N) is 2. The van der Waals surface area contributed by atoms with Crippen LogP contribution in [-0.4, -0.2) is 28.3 Å². The fraction of sp³-hybridized carbons (Fsp3) is 0.167. The summed E-state index contributed by atoms with van der Waals surface area (Å²) in [6.45, 7) is 0.219. The lowest BCUT2D eigenvalue weighted by Gasteiger charge is -2.23. The molecule has 0 unspecified atom stereocenters. The number of hydrogen-bond donors (Lipinski definition) is 0. The summed E-state index contributed by atoms with van der Waals surface area (Å²) in [7, 11) is 0. The molecule has 0 saturated carbocycles. The number of ketones is 1. The molecule has 4 rings (SSSR count). The van der Waals surface area contributed by atoms with E-state index in [0.29, 0.717) is 11.5 Å². The fourth-order valence-corrected chi connectivity index (χ4v) is 3.09. The van der Waals surface area contributed by atoms with Crippen LogP contribution in [0.4, 0.5) is 8.78 Å². The van der Waals surface area contributed by atoms with Crippen LogP contribution in [0, 0.1) is 11.6 Å². The van der Waals surface area contributed by atoms with E-state index in [1.54, 1.807) is 12.1 Å². The molecule has 0 N–H and O–H groups in total. The number of rotatable bonds is 5. The minimum Gasteiger partial charge on any atom is -0.485 e. The van der Waals surface area contributed by atoms with Crippen molar-refractivity contribution in [2.45, 2.75) is 11.3 Å². The molecule has 1 aromatic heterocycles. The standard InChI is InChI=1S/C18H12F2N2O4S/c19-11-6-5-10(7-12(11)20)13(23)9-27-18-22-21-17(26-18)16-8-24-14-3-1-2-4-15(14)25-16/h1-7,16H,8-9H2/t16-/m1/s1. The highest BCUT2D eigenvalue weighted by Gasteiger charge is 2.27. The molecule has 3 aromatic rings. The quantitative estimate of drug-likeness (QED) is 0.484. The molecule has 1 aliphatic heterocycles. The summed E-state index contributed by atoms with van der Waals surface area (Å²) < 4.78 is 43.0. The normalized spacial score (nSPS) is 15.6. The number of para-hydroxylation sites is 2. The first-order valence-electron chi connectivity index (χ1n) is 7.93. The Bertz CT molecular complexity index is 995. The van der Waals surface area contributed by atoms with Gasteiger partial charge in [-0.15, -0.1) is 10.2 Å². The summed E-state index contributed by atoms with van der Waals surface area (Å²) in [4.78, 5) is 12.1. The van der Waals surface area contributed by atoms with E-state index in [9.17, 15) is 13.6 Å². The molecule has 0 bridgehead atoms. The van der Waals surface area contributed by atoms with E-state index in [4.69, 9.17) is 13.9 Å². The highest BCUT2D eigenvalue weighted by Crippen LogP contribution is 2.35. The summed E-state index contributed by atoms with van der Waals surface area (Å²) in [6, 6.07) is 10.2. The Morgan fingerprint density at radius 3 is 2.74 bits per heavy atom. The van der Waals surface area contributed by atoms with Crippen molar-refractivity contribution in [2.75, 3.05) is 12.4 Å². The molecule has 2 aromatic carbocycles. The lowest BCUT2D eigenvalue weighted by atomic mass is 10.1. The lowest BCUT2D eigenvalue weighted by molar-refractivity contribution is 0.0686. The number of carbonyl (C=O) groups excluding carboxylic acids is 1. The Kier molecular flexibility index (Phi) is 4.76. The first kappa shape index (κ1) is 17.5. The largest absolute Gasteiger partial charge is 0.485 e. The predicted octanol–water partition coefficient (Wildman–Crippen LogP) is 3.84. The van der Waals surface area contributed by atoms with Crippen molar-refractivity contribution in [1.29, 1.82) is 0 Å². The average Bonchev–Trinajstić information content (AvgIpc) is 3.17. The van der Waals surface area contributed by atoms with E-state index in [0.717, 1.165) is 23.9 Å². The van der Waals surface area contributed by atoms with Crippen LogP contribution in [0.1, 0.15) is 22.4 Å². The minimum absolute atomic E-state index is 0.0580. The number of aromatic nitrogens is 2. The maximum Gasteiger partial charge on any atom is 0.277 e. The third-order valence-electron chi connectivity index (χ3n) is 3.77. The molecule has 27 heavy (non-hydrogen) atoms. The zero-order valence-corrected chi connectivity index (χ0v) is 14.5. The van der Waals surface area contributed by atoms with Crippen LogP contribution >= 0.6 is 11.8 Å². The lowest BCUT2D eigenvalue weighted by Crippen LogP contribution is -2.21. The summed E-state index contributed by atoms with van der Waals surface area (Å²) in [5.41, 5.74) is 0.0711. The SMILES string of the molecule is O=C(CSc1nnc([C@H]2COc3ccccc3O2)o1)c1ccc(F)c(F)c1. The summed E-state index contributed by atoms with van der Waals surface area (Å²) >= 11 is 1.00.